The molecule has 0 fully saturated rings. The van der Waals surface area contributed by atoms with Crippen LogP contribution in [0.4, 0.5) is 0 Å². The molecule has 0 N–H and O–H groups in total. The normalized spacial score (nSPS) is 11.9. The van der Waals surface area contributed by atoms with Crippen molar-refractivity contribution in [2.45, 2.75) is 188 Å². The minimum absolute atomic E-state index is 0.0301. The monoisotopic (exact) mass is 592 g/mol. The van der Waals surface area contributed by atoms with E-state index in [9.17, 15) is 13.0 Å². The van der Waals surface area contributed by atoms with Crippen LogP contribution in [0.1, 0.15) is 188 Å². The van der Waals surface area contributed by atoms with E-state index in [0.717, 1.165) is 12.8 Å². The first kappa shape index (κ1) is 42.0. The fourth-order valence-corrected chi connectivity index (χ4v) is 5.53. The summed E-state index contributed by atoms with van der Waals surface area (Å²) in [6, 6.07) is 0. The molecule has 0 aliphatic rings. The first-order valence-electron chi connectivity index (χ1n) is 17.6. The molecule has 0 aliphatic heterocycles. The van der Waals surface area contributed by atoms with Crippen molar-refractivity contribution in [1.29, 1.82) is 0 Å². The highest BCUT2D eigenvalue weighted by Gasteiger charge is 2.13. The second-order valence-electron chi connectivity index (χ2n) is 12.7. The Morgan fingerprint density at radius 2 is 0.700 bits per heavy atom. The molecule has 0 atom stereocenters. The molecule has 0 saturated carbocycles. The SMILES string of the molecule is CCCCCCCCCCCCOS(=O)(=O)[O-].CCCCCCCCCC[N+](C)(C)CCCCCCCCCC. The second kappa shape index (κ2) is 31.8. The van der Waals surface area contributed by atoms with Gasteiger partial charge in [0.15, 0.2) is 0 Å². The van der Waals surface area contributed by atoms with Crippen molar-refractivity contribution < 1.29 is 21.6 Å². The minimum Gasteiger partial charge on any atom is -0.726 e. The number of hydrogen-bond donors (Lipinski definition) is 0. The Bertz CT molecular complexity index is 558. The quantitative estimate of drug-likeness (QED) is 0.0360. The zero-order chi connectivity index (χ0) is 30.2. The lowest BCUT2D eigenvalue weighted by Crippen LogP contribution is -2.41. The van der Waals surface area contributed by atoms with E-state index in [-0.39, 0.29) is 6.61 Å². The van der Waals surface area contributed by atoms with Gasteiger partial charge in [0.2, 0.25) is 10.4 Å². The van der Waals surface area contributed by atoms with E-state index in [1.807, 2.05) is 0 Å². The van der Waals surface area contributed by atoms with Crippen LogP contribution in [0.2, 0.25) is 0 Å². The highest BCUT2D eigenvalue weighted by Crippen LogP contribution is 2.13. The average molecular weight is 592 g/mol. The van der Waals surface area contributed by atoms with E-state index in [1.54, 1.807) is 0 Å². The van der Waals surface area contributed by atoms with Crippen LogP contribution >= 0.6 is 0 Å². The molecule has 0 spiro atoms. The number of unbranched alkanes of at least 4 members (excludes halogenated alkanes) is 23. The zero-order valence-electron chi connectivity index (χ0n) is 28.0. The maximum Gasteiger partial charge on any atom is 0.217 e. The summed E-state index contributed by atoms with van der Waals surface area (Å²) in [5, 5.41) is 0. The topological polar surface area (TPSA) is 66.4 Å². The van der Waals surface area contributed by atoms with Gasteiger partial charge in [-0.05, 0) is 32.1 Å². The molecule has 0 radical (unpaired) electrons. The van der Waals surface area contributed by atoms with E-state index in [0.29, 0.717) is 6.42 Å². The first-order chi connectivity index (χ1) is 19.2. The third-order valence-corrected chi connectivity index (χ3v) is 8.41. The highest BCUT2D eigenvalue weighted by atomic mass is 32.3. The number of nitrogens with zero attached hydrogens (tertiary/aromatic N) is 1. The molecule has 0 saturated heterocycles. The van der Waals surface area contributed by atoms with Gasteiger partial charge in [0, 0.05) is 0 Å². The summed E-state index contributed by atoms with van der Waals surface area (Å²) >= 11 is 0. The summed E-state index contributed by atoms with van der Waals surface area (Å²) in [6.07, 6.45) is 34.7. The van der Waals surface area contributed by atoms with Gasteiger partial charge in [-0.3, -0.25) is 4.18 Å². The number of rotatable bonds is 30. The van der Waals surface area contributed by atoms with Gasteiger partial charge in [0.05, 0.1) is 33.8 Å². The summed E-state index contributed by atoms with van der Waals surface area (Å²) in [6.45, 7) is 9.60. The Balaban J connectivity index is 0. The summed E-state index contributed by atoms with van der Waals surface area (Å²) < 4.78 is 35.7. The second-order valence-corrected chi connectivity index (χ2v) is 13.8. The Labute approximate surface area is 253 Å². The molecule has 5 nitrogen and oxygen atoms in total. The molecule has 6 heteroatoms. The molecule has 0 unspecified atom stereocenters. The van der Waals surface area contributed by atoms with Crippen LogP contribution < -0.4 is 0 Å². The van der Waals surface area contributed by atoms with Crippen molar-refractivity contribution in [2.75, 3.05) is 33.8 Å². The summed E-state index contributed by atoms with van der Waals surface area (Å²) in [7, 11) is 0.382. The van der Waals surface area contributed by atoms with Crippen LogP contribution in [0.3, 0.4) is 0 Å². The van der Waals surface area contributed by atoms with Crippen LogP contribution in [0.5, 0.6) is 0 Å². The standard InChI is InChI=1S/C22H48N.C12H26O4S/c1-5-7-9-11-13-15-17-19-21-23(3,4)22-20-18-16-14-12-10-8-6-2;1-2-3-4-5-6-7-8-9-10-11-12-16-17(13,14)15/h5-22H2,1-4H3;2-12H2,1H3,(H,13,14,15)/q+1;/p-1. The van der Waals surface area contributed by atoms with Crippen LogP contribution in [-0.4, -0.2) is 51.2 Å². The Morgan fingerprint density at radius 3 is 0.975 bits per heavy atom. The largest absolute Gasteiger partial charge is 0.726 e. The minimum atomic E-state index is -4.48. The molecule has 0 heterocycles. The van der Waals surface area contributed by atoms with Gasteiger partial charge in [0.25, 0.3) is 0 Å². The summed E-state index contributed by atoms with van der Waals surface area (Å²) in [4.78, 5) is 0. The molecule has 0 bridgehead atoms. The van der Waals surface area contributed by atoms with Gasteiger partial charge in [-0.1, -0.05) is 156 Å². The van der Waals surface area contributed by atoms with Crippen molar-refractivity contribution in [3.63, 3.8) is 0 Å². The fourth-order valence-electron chi connectivity index (χ4n) is 5.21. The third kappa shape index (κ3) is 40.0. The Hall–Kier alpha value is -0.170. The van der Waals surface area contributed by atoms with Crippen molar-refractivity contribution in [1.82, 2.24) is 0 Å². The van der Waals surface area contributed by atoms with Crippen LogP contribution in [0, 0.1) is 0 Å². The Kier molecular flexibility index (Phi) is 33.3. The van der Waals surface area contributed by atoms with E-state index in [1.165, 1.54) is 165 Å². The predicted molar refractivity (Wildman–Crippen MR) is 175 cm³/mol. The van der Waals surface area contributed by atoms with E-state index in [2.05, 4.69) is 39.0 Å². The van der Waals surface area contributed by atoms with Crippen LogP contribution in [-0.2, 0) is 14.6 Å². The molecule has 0 aromatic heterocycles. The molecule has 0 rings (SSSR count). The van der Waals surface area contributed by atoms with E-state index in [4.69, 9.17) is 0 Å². The van der Waals surface area contributed by atoms with Crippen molar-refractivity contribution in [2.24, 2.45) is 0 Å². The van der Waals surface area contributed by atoms with Gasteiger partial charge in [-0.25, -0.2) is 8.42 Å². The maximum absolute atomic E-state index is 10.1. The number of hydrogen-bond acceptors (Lipinski definition) is 4. The predicted octanol–water partition coefficient (Wildman–Crippen LogP) is 10.7. The lowest BCUT2D eigenvalue weighted by atomic mass is 10.1. The smallest absolute Gasteiger partial charge is 0.217 e. The van der Waals surface area contributed by atoms with E-state index >= 15 is 0 Å². The van der Waals surface area contributed by atoms with E-state index < -0.39 is 10.4 Å². The van der Waals surface area contributed by atoms with Crippen LogP contribution in [0.25, 0.3) is 0 Å². The van der Waals surface area contributed by atoms with Gasteiger partial charge in [-0.15, -0.1) is 0 Å². The van der Waals surface area contributed by atoms with Crippen molar-refractivity contribution in [3.05, 3.63) is 0 Å². The maximum atomic E-state index is 10.1. The van der Waals surface area contributed by atoms with Gasteiger partial charge in [-0.2, -0.15) is 0 Å². The Morgan fingerprint density at radius 1 is 0.450 bits per heavy atom. The average Bonchev–Trinajstić information content (AvgIpc) is 2.90. The first-order valence-corrected chi connectivity index (χ1v) is 18.9. The molecule has 40 heavy (non-hydrogen) atoms. The molecular formula is C34H73NO4S. The van der Waals surface area contributed by atoms with Crippen molar-refractivity contribution >= 4 is 10.4 Å². The fraction of sp³-hybridized carbons (Fsp3) is 1.00. The lowest BCUT2D eigenvalue weighted by molar-refractivity contribution is -0.890. The summed E-state index contributed by atoms with van der Waals surface area (Å²) in [5.74, 6) is 0. The molecule has 0 amide bonds. The molecule has 0 aliphatic carbocycles. The molecule has 0 aromatic rings. The van der Waals surface area contributed by atoms with Crippen molar-refractivity contribution in [3.8, 4) is 0 Å². The van der Waals surface area contributed by atoms with Crippen LogP contribution in [0.15, 0.2) is 0 Å². The number of quaternary nitrogens is 1. The van der Waals surface area contributed by atoms with Gasteiger partial charge in [0.1, 0.15) is 0 Å². The third-order valence-electron chi connectivity index (χ3n) is 7.96. The van der Waals surface area contributed by atoms with Gasteiger partial charge < -0.3 is 9.04 Å². The highest BCUT2D eigenvalue weighted by molar-refractivity contribution is 7.80. The lowest BCUT2D eigenvalue weighted by Gasteiger charge is -2.30. The molecular weight excluding hydrogens is 518 g/mol. The van der Waals surface area contributed by atoms with Gasteiger partial charge >= 0.3 is 0 Å². The summed E-state index contributed by atoms with van der Waals surface area (Å²) in [5.41, 5.74) is 0. The molecule has 244 valence electrons. The zero-order valence-corrected chi connectivity index (χ0v) is 28.8. The molecule has 0 aromatic carbocycles.